The Labute approximate surface area is 149 Å². The van der Waals surface area contributed by atoms with Crippen LogP contribution in [-0.4, -0.2) is 34.4 Å². The van der Waals surface area contributed by atoms with Crippen LogP contribution in [0.4, 0.5) is 0 Å². The molecule has 2 aliphatic rings. The molecule has 1 atom stereocenters. The monoisotopic (exact) mass is 343 g/mol. The van der Waals surface area contributed by atoms with Gasteiger partial charge in [0, 0.05) is 56.8 Å². The average Bonchev–Trinajstić information content (AvgIpc) is 3.29. The van der Waals surface area contributed by atoms with Gasteiger partial charge in [0.05, 0.1) is 5.69 Å². The summed E-state index contributed by atoms with van der Waals surface area (Å²) in [5, 5.41) is 4.11. The third-order valence-electron chi connectivity index (χ3n) is 5.56. The second-order valence-corrected chi connectivity index (χ2v) is 7.80. The lowest BCUT2D eigenvalue weighted by molar-refractivity contribution is 0.101. The highest BCUT2D eigenvalue weighted by Crippen LogP contribution is 2.29. The van der Waals surface area contributed by atoms with Crippen molar-refractivity contribution in [3.63, 3.8) is 0 Å². The van der Waals surface area contributed by atoms with E-state index >= 15 is 0 Å². The molecule has 1 aliphatic heterocycles. The molecule has 25 heavy (non-hydrogen) atoms. The molecule has 0 spiro atoms. The van der Waals surface area contributed by atoms with Gasteiger partial charge in [-0.25, -0.2) is 0 Å². The molecule has 0 aromatic carbocycles. The van der Waals surface area contributed by atoms with Gasteiger partial charge in [0.1, 0.15) is 5.76 Å². The first-order valence-corrected chi connectivity index (χ1v) is 9.55. The Hall–Kier alpha value is -1.59. The molecular formula is C20H29N3O2. The van der Waals surface area contributed by atoms with Crippen molar-refractivity contribution in [3.05, 3.63) is 41.0 Å². The molecule has 3 heterocycles. The summed E-state index contributed by atoms with van der Waals surface area (Å²) < 4.78 is 13.7. The summed E-state index contributed by atoms with van der Waals surface area (Å²) in [6.45, 7) is 9.98. The maximum atomic E-state index is 5.90. The molecule has 0 amide bonds. The van der Waals surface area contributed by atoms with E-state index in [1.807, 2.05) is 13.8 Å². The van der Waals surface area contributed by atoms with E-state index in [9.17, 15) is 0 Å². The molecule has 0 bridgehead atoms. The van der Waals surface area contributed by atoms with Crippen LogP contribution in [0.25, 0.3) is 0 Å². The van der Waals surface area contributed by atoms with E-state index in [1.54, 1.807) is 0 Å². The molecular weight excluding hydrogens is 314 g/mol. The Kier molecular flexibility index (Phi) is 4.95. The van der Waals surface area contributed by atoms with Gasteiger partial charge in [-0.15, -0.1) is 0 Å². The van der Waals surface area contributed by atoms with E-state index in [0.29, 0.717) is 5.92 Å². The Morgan fingerprint density at radius 3 is 2.88 bits per heavy atom. The zero-order valence-corrected chi connectivity index (χ0v) is 15.4. The van der Waals surface area contributed by atoms with Crippen LogP contribution in [-0.2, 0) is 24.4 Å². The van der Waals surface area contributed by atoms with Gasteiger partial charge >= 0.3 is 0 Å². The minimum atomic E-state index is 0.619. The van der Waals surface area contributed by atoms with E-state index in [1.165, 1.54) is 24.1 Å². The maximum Gasteiger partial charge on any atom is 0.138 e. The highest BCUT2D eigenvalue weighted by atomic mass is 16.5. The fraction of sp³-hybridized carbons (Fsp3) is 0.650. The van der Waals surface area contributed by atoms with E-state index in [0.717, 1.165) is 63.2 Å². The Balaban J connectivity index is 1.41. The number of ether oxygens (including phenoxy) is 1. The summed E-state index contributed by atoms with van der Waals surface area (Å²) >= 11 is 0. The molecule has 0 radical (unpaired) electrons. The van der Waals surface area contributed by atoms with Gasteiger partial charge in [0.25, 0.3) is 0 Å². The molecule has 0 saturated heterocycles. The van der Waals surface area contributed by atoms with E-state index < -0.39 is 0 Å². The summed E-state index contributed by atoms with van der Waals surface area (Å²) in [4.78, 5) is 2.54. The molecule has 1 saturated carbocycles. The summed E-state index contributed by atoms with van der Waals surface area (Å²) in [5.41, 5.74) is 3.65. The van der Waals surface area contributed by atoms with Crippen molar-refractivity contribution in [1.29, 1.82) is 0 Å². The van der Waals surface area contributed by atoms with Crippen molar-refractivity contribution in [2.45, 2.75) is 52.7 Å². The molecule has 0 N–H and O–H groups in total. The van der Waals surface area contributed by atoms with Crippen molar-refractivity contribution >= 4 is 0 Å². The predicted molar refractivity (Wildman–Crippen MR) is 96.2 cm³/mol. The second kappa shape index (κ2) is 7.34. The lowest BCUT2D eigenvalue weighted by Crippen LogP contribution is -2.28. The molecule has 1 fully saturated rings. The molecule has 136 valence electrons. The zero-order chi connectivity index (χ0) is 17.2. The molecule has 0 unspecified atom stereocenters. The van der Waals surface area contributed by atoms with Gasteiger partial charge < -0.3 is 13.8 Å². The summed E-state index contributed by atoms with van der Waals surface area (Å²) in [7, 11) is 0. The second-order valence-electron chi connectivity index (χ2n) is 7.80. The van der Waals surface area contributed by atoms with Crippen molar-refractivity contribution in [1.82, 2.24) is 14.6 Å². The van der Waals surface area contributed by atoms with Crippen LogP contribution < -0.4 is 0 Å². The van der Waals surface area contributed by atoms with Crippen LogP contribution in [0.1, 0.15) is 42.0 Å². The molecule has 5 nitrogen and oxygen atoms in total. The Morgan fingerprint density at radius 2 is 2.12 bits per heavy atom. The van der Waals surface area contributed by atoms with Gasteiger partial charge in [-0.2, -0.15) is 0 Å². The number of aryl methyl sites for hydroxylation is 2. The van der Waals surface area contributed by atoms with E-state index in [4.69, 9.17) is 9.26 Å². The van der Waals surface area contributed by atoms with Gasteiger partial charge in [-0.3, -0.25) is 4.90 Å². The Bertz CT molecular complexity index is 682. The molecule has 2 aromatic rings. The van der Waals surface area contributed by atoms with Crippen LogP contribution in [0.15, 0.2) is 22.9 Å². The van der Waals surface area contributed by atoms with Crippen molar-refractivity contribution in [3.8, 4) is 0 Å². The highest BCUT2D eigenvalue weighted by Gasteiger charge is 2.24. The quantitative estimate of drug-likeness (QED) is 0.721. The number of hydrogen-bond donors (Lipinski definition) is 0. The number of rotatable bonds is 7. The van der Waals surface area contributed by atoms with Crippen molar-refractivity contribution in [2.24, 2.45) is 11.8 Å². The molecule has 5 heteroatoms. The lowest BCUT2D eigenvalue weighted by Gasteiger charge is -2.24. The fourth-order valence-corrected chi connectivity index (χ4v) is 3.80. The van der Waals surface area contributed by atoms with E-state index in [-0.39, 0.29) is 0 Å². The number of nitrogens with zero attached hydrogens (tertiary/aromatic N) is 3. The third-order valence-corrected chi connectivity index (χ3v) is 5.56. The molecule has 1 aliphatic carbocycles. The van der Waals surface area contributed by atoms with Gasteiger partial charge in [0.2, 0.25) is 0 Å². The summed E-state index contributed by atoms with van der Waals surface area (Å²) in [6, 6.07) is 4.40. The zero-order valence-electron chi connectivity index (χ0n) is 15.4. The third kappa shape index (κ3) is 4.15. The Morgan fingerprint density at radius 1 is 1.24 bits per heavy atom. The number of hydrogen-bond acceptors (Lipinski definition) is 4. The number of fused-ring (bicyclic) bond motifs is 1. The first kappa shape index (κ1) is 16.9. The minimum Gasteiger partial charge on any atom is -0.381 e. The topological polar surface area (TPSA) is 43.4 Å². The SMILES string of the molecule is Cc1noc(C)c1CN1Cc2cccn2C[C@H](CCOCC2CC2)C1. The van der Waals surface area contributed by atoms with Crippen LogP contribution >= 0.6 is 0 Å². The van der Waals surface area contributed by atoms with Crippen LogP contribution in [0.2, 0.25) is 0 Å². The van der Waals surface area contributed by atoms with Gasteiger partial charge in [-0.1, -0.05) is 5.16 Å². The van der Waals surface area contributed by atoms with E-state index in [2.05, 4.69) is 33.0 Å². The fourth-order valence-electron chi connectivity index (χ4n) is 3.80. The largest absolute Gasteiger partial charge is 0.381 e. The van der Waals surface area contributed by atoms with Crippen LogP contribution in [0, 0.1) is 25.7 Å². The normalized spacial score (nSPS) is 21.3. The summed E-state index contributed by atoms with van der Waals surface area (Å²) in [5.74, 6) is 2.41. The number of aromatic nitrogens is 2. The first-order chi connectivity index (χ1) is 12.2. The van der Waals surface area contributed by atoms with Crippen LogP contribution in [0.3, 0.4) is 0 Å². The predicted octanol–water partition coefficient (Wildman–Crippen LogP) is 3.54. The standard InChI is InChI=1S/C20H29N3O2/c1-15-20(16(2)25-21-15)13-22-10-18(7-9-24-14-17-5-6-17)11-23-8-3-4-19(23)12-22/h3-4,8,17-18H,5-7,9-14H2,1-2H3/t18-/m1/s1. The van der Waals surface area contributed by atoms with Crippen molar-refractivity contribution < 1.29 is 9.26 Å². The van der Waals surface area contributed by atoms with Gasteiger partial charge in [0.15, 0.2) is 0 Å². The minimum absolute atomic E-state index is 0.619. The maximum absolute atomic E-state index is 5.90. The smallest absolute Gasteiger partial charge is 0.138 e. The first-order valence-electron chi connectivity index (χ1n) is 9.55. The lowest BCUT2D eigenvalue weighted by atomic mass is 10.0. The van der Waals surface area contributed by atoms with Crippen LogP contribution in [0.5, 0.6) is 0 Å². The van der Waals surface area contributed by atoms with Crippen molar-refractivity contribution in [2.75, 3.05) is 19.8 Å². The molecule has 2 aromatic heterocycles. The highest BCUT2D eigenvalue weighted by molar-refractivity contribution is 5.21. The molecule has 4 rings (SSSR count). The average molecular weight is 343 g/mol. The van der Waals surface area contributed by atoms with Gasteiger partial charge in [-0.05, 0) is 57.1 Å². The summed E-state index contributed by atoms with van der Waals surface area (Å²) in [6.07, 6.45) is 6.07.